The van der Waals surface area contributed by atoms with Crippen molar-refractivity contribution in [1.82, 2.24) is 0 Å². The largest absolute Gasteiger partial charge is 0.416 e. The Kier molecular flexibility index (Phi) is 4.42. The standard InChI is InChI=1S/C12H9Cl3F3NO/c13-9-8(10(14)15)5-19(11(9)20)7-3-1-2-6(4-7)12(16,17)18/h1-4,8-10H,5H2. The molecule has 0 saturated carbocycles. The van der Waals surface area contributed by atoms with Crippen molar-refractivity contribution in [3.8, 4) is 0 Å². The van der Waals surface area contributed by atoms with Crippen LogP contribution in [0.4, 0.5) is 18.9 Å². The van der Waals surface area contributed by atoms with Crippen LogP contribution in [0.1, 0.15) is 5.56 Å². The van der Waals surface area contributed by atoms with Crippen molar-refractivity contribution in [1.29, 1.82) is 0 Å². The van der Waals surface area contributed by atoms with Crippen molar-refractivity contribution in [2.24, 2.45) is 5.92 Å². The number of anilines is 1. The lowest BCUT2D eigenvalue weighted by Gasteiger charge is -2.18. The van der Waals surface area contributed by atoms with Gasteiger partial charge in [0.25, 0.3) is 0 Å². The van der Waals surface area contributed by atoms with Gasteiger partial charge >= 0.3 is 6.18 Å². The smallest absolute Gasteiger partial charge is 0.311 e. The molecule has 1 fully saturated rings. The van der Waals surface area contributed by atoms with Crippen molar-refractivity contribution < 1.29 is 18.0 Å². The quantitative estimate of drug-likeness (QED) is 0.739. The zero-order chi connectivity index (χ0) is 15.1. The first-order valence-corrected chi connectivity index (χ1v) is 6.93. The van der Waals surface area contributed by atoms with E-state index in [2.05, 4.69) is 0 Å². The molecule has 0 bridgehead atoms. The molecule has 1 saturated heterocycles. The predicted molar refractivity (Wildman–Crippen MR) is 72.4 cm³/mol. The molecule has 110 valence electrons. The zero-order valence-electron chi connectivity index (χ0n) is 9.87. The van der Waals surface area contributed by atoms with Crippen molar-refractivity contribution >= 4 is 46.4 Å². The molecule has 1 aromatic rings. The van der Waals surface area contributed by atoms with Gasteiger partial charge < -0.3 is 4.90 Å². The summed E-state index contributed by atoms with van der Waals surface area (Å²) in [5.41, 5.74) is -0.697. The summed E-state index contributed by atoms with van der Waals surface area (Å²) in [4.78, 5) is 12.3. The summed E-state index contributed by atoms with van der Waals surface area (Å²) >= 11 is 17.4. The van der Waals surface area contributed by atoms with Gasteiger partial charge in [-0.15, -0.1) is 34.8 Å². The Morgan fingerprint density at radius 2 is 1.95 bits per heavy atom. The molecule has 2 unspecified atom stereocenters. The van der Waals surface area contributed by atoms with Gasteiger partial charge in [0.1, 0.15) is 10.2 Å². The van der Waals surface area contributed by atoms with Crippen molar-refractivity contribution in [3.63, 3.8) is 0 Å². The van der Waals surface area contributed by atoms with Gasteiger partial charge in [-0.2, -0.15) is 13.2 Å². The van der Waals surface area contributed by atoms with E-state index < -0.39 is 33.8 Å². The Labute approximate surface area is 128 Å². The highest BCUT2D eigenvalue weighted by Crippen LogP contribution is 2.36. The van der Waals surface area contributed by atoms with E-state index in [-0.39, 0.29) is 12.2 Å². The first-order valence-electron chi connectivity index (χ1n) is 5.62. The second-order valence-electron chi connectivity index (χ2n) is 4.40. The number of hydrogen-bond acceptors (Lipinski definition) is 1. The lowest BCUT2D eigenvalue weighted by Crippen LogP contribution is -2.27. The molecular formula is C12H9Cl3F3NO. The molecule has 8 heteroatoms. The fourth-order valence-electron chi connectivity index (χ4n) is 2.02. The summed E-state index contributed by atoms with van der Waals surface area (Å²) in [5.74, 6) is -1.02. The van der Waals surface area contributed by atoms with Gasteiger partial charge in [0.15, 0.2) is 0 Å². The van der Waals surface area contributed by atoms with Crippen LogP contribution in [-0.2, 0) is 11.0 Å². The number of halogens is 6. The second kappa shape index (κ2) is 5.62. The molecule has 0 aliphatic carbocycles. The van der Waals surface area contributed by atoms with Gasteiger partial charge in [-0.25, -0.2) is 0 Å². The number of rotatable bonds is 2. The molecule has 1 aliphatic heterocycles. The number of carbonyl (C=O) groups excluding carboxylic acids is 1. The first-order chi connectivity index (χ1) is 9.21. The van der Waals surface area contributed by atoms with Gasteiger partial charge in [-0.1, -0.05) is 6.07 Å². The summed E-state index contributed by atoms with van der Waals surface area (Å²) in [6, 6.07) is 4.49. The van der Waals surface area contributed by atoms with Crippen LogP contribution in [0.5, 0.6) is 0 Å². The second-order valence-corrected chi connectivity index (χ2v) is 6.03. The first kappa shape index (κ1) is 15.7. The van der Waals surface area contributed by atoms with Crippen molar-refractivity contribution in [2.75, 3.05) is 11.4 Å². The number of carbonyl (C=O) groups is 1. The van der Waals surface area contributed by atoms with Gasteiger partial charge in [0.2, 0.25) is 5.91 Å². The molecule has 0 radical (unpaired) electrons. The Morgan fingerprint density at radius 1 is 1.30 bits per heavy atom. The van der Waals surface area contributed by atoms with Crippen LogP contribution in [0, 0.1) is 5.92 Å². The maximum absolute atomic E-state index is 12.7. The van der Waals surface area contributed by atoms with E-state index in [0.717, 1.165) is 12.1 Å². The molecular weight excluding hydrogens is 337 g/mol. The van der Waals surface area contributed by atoms with Crippen LogP contribution >= 0.6 is 34.8 Å². The third-order valence-corrected chi connectivity index (χ3v) is 4.24. The molecule has 1 aliphatic rings. The summed E-state index contributed by atoms with van der Waals surface area (Å²) in [6.45, 7) is 0.0893. The number of alkyl halides is 6. The third kappa shape index (κ3) is 3.00. The Morgan fingerprint density at radius 3 is 2.45 bits per heavy atom. The van der Waals surface area contributed by atoms with Gasteiger partial charge in [0, 0.05) is 18.2 Å². The Bertz CT molecular complexity index is 521. The van der Waals surface area contributed by atoms with E-state index in [4.69, 9.17) is 34.8 Å². The minimum atomic E-state index is -4.47. The lowest BCUT2D eigenvalue weighted by molar-refractivity contribution is -0.137. The van der Waals surface area contributed by atoms with E-state index in [9.17, 15) is 18.0 Å². The summed E-state index contributed by atoms with van der Waals surface area (Å²) in [5, 5.41) is -0.940. The molecule has 2 nitrogen and oxygen atoms in total. The highest BCUT2D eigenvalue weighted by atomic mass is 35.5. The molecule has 2 rings (SSSR count). The Hall–Kier alpha value is -0.650. The van der Waals surface area contributed by atoms with Gasteiger partial charge in [-0.3, -0.25) is 4.79 Å². The maximum Gasteiger partial charge on any atom is 0.416 e. The summed E-state index contributed by atoms with van der Waals surface area (Å²) in [6.07, 6.45) is -4.47. The lowest BCUT2D eigenvalue weighted by atomic mass is 10.1. The topological polar surface area (TPSA) is 20.3 Å². The molecule has 1 aromatic carbocycles. The molecule has 0 aromatic heterocycles. The average molecular weight is 347 g/mol. The van der Waals surface area contributed by atoms with E-state index in [1.807, 2.05) is 0 Å². The number of hydrogen-bond donors (Lipinski definition) is 0. The van der Waals surface area contributed by atoms with Gasteiger partial charge in [-0.05, 0) is 18.2 Å². The summed E-state index contributed by atoms with van der Waals surface area (Å²) < 4.78 is 38.0. The number of benzene rings is 1. The summed E-state index contributed by atoms with van der Waals surface area (Å²) in [7, 11) is 0. The zero-order valence-corrected chi connectivity index (χ0v) is 12.1. The minimum Gasteiger partial charge on any atom is -0.311 e. The third-order valence-electron chi connectivity index (χ3n) is 3.08. The van der Waals surface area contributed by atoms with Crippen LogP contribution in [0.25, 0.3) is 0 Å². The van der Waals surface area contributed by atoms with Crippen LogP contribution in [0.3, 0.4) is 0 Å². The fraction of sp³-hybridized carbons (Fsp3) is 0.417. The molecule has 1 heterocycles. The van der Waals surface area contributed by atoms with E-state index >= 15 is 0 Å². The fourth-order valence-corrected chi connectivity index (χ4v) is 2.96. The number of amides is 1. The van der Waals surface area contributed by atoms with Crippen LogP contribution < -0.4 is 4.90 Å². The monoisotopic (exact) mass is 345 g/mol. The highest BCUT2D eigenvalue weighted by Gasteiger charge is 2.43. The molecule has 0 N–H and O–H groups in total. The Balaban J connectivity index is 2.31. The van der Waals surface area contributed by atoms with E-state index in [0.29, 0.717) is 0 Å². The normalized spacial score (nSPS) is 23.8. The minimum absolute atomic E-state index is 0.0893. The molecule has 2 atom stereocenters. The van der Waals surface area contributed by atoms with Crippen LogP contribution in [0.2, 0.25) is 0 Å². The van der Waals surface area contributed by atoms with Crippen molar-refractivity contribution in [2.45, 2.75) is 16.4 Å². The molecule has 1 amide bonds. The van der Waals surface area contributed by atoms with Crippen LogP contribution in [-0.4, -0.2) is 22.7 Å². The average Bonchev–Trinajstić information content (AvgIpc) is 2.66. The maximum atomic E-state index is 12.7. The predicted octanol–water partition coefficient (Wildman–Crippen LogP) is 4.08. The molecule has 20 heavy (non-hydrogen) atoms. The SMILES string of the molecule is O=C1C(Cl)C(C(Cl)Cl)CN1c1cccc(C(F)(F)F)c1. The van der Waals surface area contributed by atoms with Crippen LogP contribution in [0.15, 0.2) is 24.3 Å². The van der Waals surface area contributed by atoms with Gasteiger partial charge in [0.05, 0.1) is 5.56 Å². The highest BCUT2D eigenvalue weighted by molar-refractivity contribution is 6.46. The number of nitrogens with zero attached hydrogens (tertiary/aromatic N) is 1. The van der Waals surface area contributed by atoms with Crippen molar-refractivity contribution in [3.05, 3.63) is 29.8 Å². The van der Waals surface area contributed by atoms with E-state index in [1.54, 1.807) is 0 Å². The molecule has 0 spiro atoms. The van der Waals surface area contributed by atoms with E-state index in [1.165, 1.54) is 17.0 Å².